The first-order valence-electron chi connectivity index (χ1n) is 6.11. The minimum Gasteiger partial charge on any atom is -0.300 e. The highest BCUT2D eigenvalue weighted by Crippen LogP contribution is 2.13. The summed E-state index contributed by atoms with van der Waals surface area (Å²) in [5, 5.41) is 0. The van der Waals surface area contributed by atoms with Crippen molar-refractivity contribution in [3.8, 4) is 12.8 Å². The Morgan fingerprint density at radius 1 is 1.16 bits per heavy atom. The van der Waals surface area contributed by atoms with Crippen molar-refractivity contribution in [1.29, 1.82) is 0 Å². The molecule has 0 amide bonds. The molecule has 0 bridgehead atoms. The molecule has 0 saturated carbocycles. The molecule has 0 aliphatic carbocycles. The van der Waals surface area contributed by atoms with Gasteiger partial charge in [-0.2, -0.15) is 0 Å². The molecule has 0 aromatic heterocycles. The second-order valence-corrected chi connectivity index (χ2v) is 4.31. The zero-order chi connectivity index (χ0) is 15.4. The SMILES string of the molecule is C#C.C=Cc1ccc(C)cc1C=C.CC(=O)C(C)C. The van der Waals surface area contributed by atoms with Crippen LogP contribution >= 0.6 is 0 Å². The van der Waals surface area contributed by atoms with E-state index in [2.05, 4.69) is 51.1 Å². The summed E-state index contributed by atoms with van der Waals surface area (Å²) >= 11 is 0. The number of carbonyl (C=O) groups excluding carboxylic acids is 1. The van der Waals surface area contributed by atoms with Crippen molar-refractivity contribution in [2.24, 2.45) is 5.92 Å². The van der Waals surface area contributed by atoms with Crippen LogP contribution in [0.4, 0.5) is 0 Å². The molecule has 0 aliphatic heterocycles. The molecule has 1 nitrogen and oxygen atoms in total. The van der Waals surface area contributed by atoms with E-state index in [1.807, 2.05) is 26.0 Å². The van der Waals surface area contributed by atoms with Gasteiger partial charge in [0.15, 0.2) is 0 Å². The molecule has 0 fully saturated rings. The maximum atomic E-state index is 10.1. The Morgan fingerprint density at radius 3 is 1.89 bits per heavy atom. The summed E-state index contributed by atoms with van der Waals surface area (Å²) in [6, 6.07) is 6.23. The summed E-state index contributed by atoms with van der Waals surface area (Å²) in [6.07, 6.45) is 11.7. The highest BCUT2D eigenvalue weighted by molar-refractivity contribution is 5.77. The van der Waals surface area contributed by atoms with Crippen molar-refractivity contribution < 1.29 is 4.79 Å². The van der Waals surface area contributed by atoms with Gasteiger partial charge in [-0.15, -0.1) is 12.8 Å². The molecule has 0 heterocycles. The molecule has 0 radical (unpaired) electrons. The van der Waals surface area contributed by atoms with Crippen LogP contribution in [0.15, 0.2) is 31.4 Å². The van der Waals surface area contributed by atoms with Crippen LogP contribution in [0.2, 0.25) is 0 Å². The van der Waals surface area contributed by atoms with Gasteiger partial charge in [-0.3, -0.25) is 4.79 Å². The molecular weight excluding hydrogens is 232 g/mol. The van der Waals surface area contributed by atoms with Gasteiger partial charge in [-0.1, -0.05) is 62.9 Å². The largest absolute Gasteiger partial charge is 0.300 e. The van der Waals surface area contributed by atoms with Crippen LogP contribution in [0.3, 0.4) is 0 Å². The van der Waals surface area contributed by atoms with Crippen molar-refractivity contribution in [3.63, 3.8) is 0 Å². The number of hydrogen-bond donors (Lipinski definition) is 0. The summed E-state index contributed by atoms with van der Waals surface area (Å²) in [6.45, 7) is 14.9. The van der Waals surface area contributed by atoms with E-state index in [1.54, 1.807) is 6.92 Å². The van der Waals surface area contributed by atoms with Gasteiger partial charge < -0.3 is 0 Å². The molecule has 0 aliphatic rings. The average molecular weight is 256 g/mol. The molecule has 0 atom stereocenters. The number of benzene rings is 1. The zero-order valence-corrected chi connectivity index (χ0v) is 12.4. The van der Waals surface area contributed by atoms with Gasteiger partial charge in [0, 0.05) is 5.92 Å². The quantitative estimate of drug-likeness (QED) is 0.712. The minimum absolute atomic E-state index is 0.213. The molecule has 19 heavy (non-hydrogen) atoms. The average Bonchev–Trinajstić information content (AvgIpc) is 2.41. The lowest BCUT2D eigenvalue weighted by Crippen LogP contribution is -1.98. The second kappa shape index (κ2) is 11.0. The Balaban J connectivity index is 0. The number of Topliss-reactive ketones (excluding diaryl/α,β-unsaturated/α-hetero) is 1. The number of carbonyl (C=O) groups is 1. The molecule has 0 unspecified atom stereocenters. The summed E-state index contributed by atoms with van der Waals surface area (Å²) in [5.74, 6) is 0.472. The van der Waals surface area contributed by atoms with E-state index in [0.717, 1.165) is 11.1 Å². The summed E-state index contributed by atoms with van der Waals surface area (Å²) in [7, 11) is 0. The van der Waals surface area contributed by atoms with Crippen LogP contribution in [0, 0.1) is 25.7 Å². The summed E-state index contributed by atoms with van der Waals surface area (Å²) < 4.78 is 0. The van der Waals surface area contributed by atoms with Gasteiger partial charge >= 0.3 is 0 Å². The first-order chi connectivity index (χ1) is 8.92. The van der Waals surface area contributed by atoms with Crippen molar-refractivity contribution in [2.45, 2.75) is 27.7 Å². The standard InChI is InChI=1S/C11H12.C5H10O.C2H2/c1-4-10-7-6-9(3)8-11(10)5-2;1-4(2)5(3)6;1-2/h4-8H,1-2H2,3H3;4H,1-3H3;1-2H. The summed E-state index contributed by atoms with van der Waals surface area (Å²) in [4.78, 5) is 10.1. The molecule has 0 N–H and O–H groups in total. The van der Waals surface area contributed by atoms with Crippen molar-refractivity contribution in [2.75, 3.05) is 0 Å². The van der Waals surface area contributed by atoms with Crippen molar-refractivity contribution >= 4 is 17.9 Å². The minimum atomic E-state index is 0.213. The third-order valence-electron chi connectivity index (χ3n) is 2.50. The van der Waals surface area contributed by atoms with Crippen LogP contribution < -0.4 is 0 Å². The highest BCUT2D eigenvalue weighted by atomic mass is 16.1. The lowest BCUT2D eigenvalue weighted by atomic mass is 10.0. The third-order valence-corrected chi connectivity index (χ3v) is 2.50. The van der Waals surface area contributed by atoms with E-state index < -0.39 is 0 Å². The molecule has 102 valence electrons. The fourth-order valence-electron chi connectivity index (χ4n) is 1.06. The highest BCUT2D eigenvalue weighted by Gasteiger charge is 1.95. The third kappa shape index (κ3) is 8.63. The number of aryl methyl sites for hydroxylation is 1. The van der Waals surface area contributed by atoms with Crippen LogP contribution in [0.25, 0.3) is 12.2 Å². The van der Waals surface area contributed by atoms with Crippen LogP contribution in [-0.4, -0.2) is 5.78 Å². The number of hydrogen-bond acceptors (Lipinski definition) is 1. The lowest BCUT2D eigenvalue weighted by Gasteiger charge is -2.00. The Hall–Kier alpha value is -2.07. The van der Waals surface area contributed by atoms with E-state index in [1.165, 1.54) is 5.56 Å². The monoisotopic (exact) mass is 256 g/mol. The van der Waals surface area contributed by atoms with Crippen LogP contribution in [0.1, 0.15) is 37.5 Å². The van der Waals surface area contributed by atoms with Gasteiger partial charge in [0.25, 0.3) is 0 Å². The smallest absolute Gasteiger partial charge is 0.132 e. The second-order valence-electron chi connectivity index (χ2n) is 4.31. The van der Waals surface area contributed by atoms with E-state index in [4.69, 9.17) is 0 Å². The molecule has 0 spiro atoms. The van der Waals surface area contributed by atoms with Crippen LogP contribution in [-0.2, 0) is 4.79 Å². The van der Waals surface area contributed by atoms with Gasteiger partial charge in [0.05, 0.1) is 0 Å². The zero-order valence-electron chi connectivity index (χ0n) is 12.4. The Kier molecular flexibility index (Phi) is 11.2. The van der Waals surface area contributed by atoms with E-state index in [0.29, 0.717) is 0 Å². The first kappa shape index (κ1) is 19.3. The number of rotatable bonds is 3. The van der Waals surface area contributed by atoms with Gasteiger partial charge in [-0.25, -0.2) is 0 Å². The predicted octanol–water partition coefficient (Wildman–Crippen LogP) is 4.76. The van der Waals surface area contributed by atoms with Gasteiger partial charge in [0.2, 0.25) is 0 Å². The van der Waals surface area contributed by atoms with Crippen molar-refractivity contribution in [3.05, 3.63) is 48.0 Å². The fourth-order valence-corrected chi connectivity index (χ4v) is 1.06. The Bertz CT molecular complexity index is 436. The number of ketones is 1. The van der Waals surface area contributed by atoms with E-state index >= 15 is 0 Å². The number of terminal acetylenes is 1. The van der Waals surface area contributed by atoms with Crippen LogP contribution in [0.5, 0.6) is 0 Å². The van der Waals surface area contributed by atoms with Gasteiger partial charge in [0.1, 0.15) is 5.78 Å². The molecule has 1 aromatic carbocycles. The van der Waals surface area contributed by atoms with Crippen molar-refractivity contribution in [1.82, 2.24) is 0 Å². The van der Waals surface area contributed by atoms with Gasteiger partial charge in [-0.05, 0) is 25.0 Å². The Morgan fingerprint density at radius 2 is 1.58 bits per heavy atom. The molecule has 1 rings (SSSR count). The normalized spacial score (nSPS) is 8.37. The first-order valence-corrected chi connectivity index (χ1v) is 6.11. The van der Waals surface area contributed by atoms with E-state index in [-0.39, 0.29) is 11.7 Å². The summed E-state index contributed by atoms with van der Waals surface area (Å²) in [5.41, 5.74) is 3.55. The molecule has 1 heteroatoms. The predicted molar refractivity (Wildman–Crippen MR) is 86.8 cm³/mol. The molecule has 0 saturated heterocycles. The maximum absolute atomic E-state index is 10.1. The Labute approximate surface area is 118 Å². The lowest BCUT2D eigenvalue weighted by molar-refractivity contribution is -0.119. The molecular formula is C18H24O. The van der Waals surface area contributed by atoms with E-state index in [9.17, 15) is 4.79 Å². The fraction of sp³-hybridized carbons (Fsp3) is 0.278. The topological polar surface area (TPSA) is 17.1 Å². The molecule has 1 aromatic rings. The maximum Gasteiger partial charge on any atom is 0.132 e.